The summed E-state index contributed by atoms with van der Waals surface area (Å²) in [5, 5.41) is 9.74. The molecule has 0 rings (SSSR count). The highest BCUT2D eigenvalue weighted by molar-refractivity contribution is 5.71. The van der Waals surface area contributed by atoms with Crippen molar-refractivity contribution in [3.8, 4) is 0 Å². The molecule has 9 nitrogen and oxygen atoms in total. The average molecular weight is 1130 g/mol. The van der Waals surface area contributed by atoms with Crippen LogP contribution in [0.15, 0.2) is 97.2 Å². The van der Waals surface area contributed by atoms with Gasteiger partial charge < -0.3 is 28.5 Å². The summed E-state index contributed by atoms with van der Waals surface area (Å²) in [6.07, 6.45) is 82.2. The van der Waals surface area contributed by atoms with Crippen molar-refractivity contribution in [2.75, 3.05) is 47.5 Å². The summed E-state index contributed by atoms with van der Waals surface area (Å²) in [6.45, 7) is 4.76. The van der Waals surface area contributed by atoms with Gasteiger partial charge in [0.25, 0.3) is 6.29 Å². The highest BCUT2D eigenvalue weighted by Crippen LogP contribution is 2.17. The first-order valence-corrected chi connectivity index (χ1v) is 33.4. The lowest BCUT2D eigenvalue weighted by atomic mass is 10.0. The number of hydrogen-bond donors (Lipinski definition) is 1. The number of carboxylic acid groups (broad SMARTS) is 1. The molecule has 0 aliphatic carbocycles. The number of carbonyl (C=O) groups excluding carboxylic acids is 2. The van der Waals surface area contributed by atoms with Gasteiger partial charge in [-0.2, -0.15) is 0 Å². The number of unbranched alkanes of at least 4 members (excludes halogenated alkanes) is 30. The van der Waals surface area contributed by atoms with Crippen LogP contribution in [0.4, 0.5) is 0 Å². The standard InChI is InChI=1S/C72H125NO8/c1-6-8-10-12-14-16-18-20-22-24-26-28-30-31-32-33-34-35-36-37-38-39-41-43-45-47-49-51-53-55-57-59-61-63-70(75)81-68(67-80-72(71(76)77)78-65-64-73(3,4)5)66-79-69(74)62-60-58-56-54-52-50-48-46-44-42-40-29-27-25-23-21-19-17-15-13-11-9-7-2/h8,10,14,16,19-22,25-28,31-32,40,42,68,72H,6-7,9,11-13,15,17-18,23-24,29-30,33-39,41,43-67H2,1-5H3/p+1/b10-8-,16-14-,21-19-,22-20-,27-25-,28-26-,32-31-,42-40-. The lowest BCUT2D eigenvalue weighted by Crippen LogP contribution is -2.40. The molecule has 0 saturated carbocycles. The van der Waals surface area contributed by atoms with E-state index in [4.69, 9.17) is 18.9 Å². The van der Waals surface area contributed by atoms with Gasteiger partial charge in [-0.1, -0.05) is 272 Å². The zero-order valence-electron chi connectivity index (χ0n) is 53.2. The van der Waals surface area contributed by atoms with Crippen molar-refractivity contribution < 1.29 is 42.9 Å². The van der Waals surface area contributed by atoms with Crippen molar-refractivity contribution in [1.29, 1.82) is 0 Å². The molecule has 1 N–H and O–H groups in total. The molecule has 0 bridgehead atoms. The Morgan fingerprint density at radius 1 is 0.383 bits per heavy atom. The molecule has 81 heavy (non-hydrogen) atoms. The molecule has 0 aromatic rings. The van der Waals surface area contributed by atoms with Crippen molar-refractivity contribution in [3.05, 3.63) is 97.2 Å². The van der Waals surface area contributed by atoms with Gasteiger partial charge in [0.1, 0.15) is 13.2 Å². The fraction of sp³-hybridized carbons (Fsp3) is 0.736. The highest BCUT2D eigenvalue weighted by atomic mass is 16.7. The molecule has 2 atom stereocenters. The van der Waals surface area contributed by atoms with Crippen LogP contribution in [0.5, 0.6) is 0 Å². The summed E-state index contributed by atoms with van der Waals surface area (Å²) in [5.41, 5.74) is 0. The Morgan fingerprint density at radius 2 is 0.704 bits per heavy atom. The summed E-state index contributed by atoms with van der Waals surface area (Å²) in [4.78, 5) is 37.6. The van der Waals surface area contributed by atoms with Crippen LogP contribution in [0.3, 0.4) is 0 Å². The number of carboxylic acids is 1. The first-order valence-electron chi connectivity index (χ1n) is 33.4. The van der Waals surface area contributed by atoms with Crippen LogP contribution in [0, 0.1) is 0 Å². The Balaban J connectivity index is 4.14. The van der Waals surface area contributed by atoms with Crippen LogP contribution < -0.4 is 0 Å². The van der Waals surface area contributed by atoms with Gasteiger partial charge in [-0.3, -0.25) is 9.59 Å². The second-order valence-electron chi connectivity index (χ2n) is 23.4. The molecule has 0 amide bonds. The molecule has 0 aromatic heterocycles. The summed E-state index contributed by atoms with van der Waals surface area (Å²) in [5.74, 6) is -2.01. The Labute approximate surface area is 499 Å². The van der Waals surface area contributed by atoms with E-state index in [9.17, 15) is 19.5 Å². The van der Waals surface area contributed by atoms with Crippen molar-refractivity contribution in [1.82, 2.24) is 0 Å². The van der Waals surface area contributed by atoms with E-state index < -0.39 is 24.3 Å². The fourth-order valence-electron chi connectivity index (χ4n) is 9.23. The van der Waals surface area contributed by atoms with E-state index in [0.29, 0.717) is 17.4 Å². The topological polar surface area (TPSA) is 108 Å². The second kappa shape index (κ2) is 62.3. The third-order valence-corrected chi connectivity index (χ3v) is 14.3. The van der Waals surface area contributed by atoms with E-state index >= 15 is 0 Å². The molecule has 2 unspecified atom stereocenters. The van der Waals surface area contributed by atoms with Crippen molar-refractivity contribution in [2.24, 2.45) is 0 Å². The minimum Gasteiger partial charge on any atom is -0.477 e. The zero-order valence-corrected chi connectivity index (χ0v) is 53.2. The first kappa shape index (κ1) is 77.2. The summed E-state index contributed by atoms with van der Waals surface area (Å²) >= 11 is 0. The lowest BCUT2D eigenvalue weighted by molar-refractivity contribution is -0.870. The fourth-order valence-corrected chi connectivity index (χ4v) is 9.23. The maximum atomic E-state index is 12.9. The van der Waals surface area contributed by atoms with Gasteiger partial charge in [0.15, 0.2) is 6.10 Å². The number of carbonyl (C=O) groups is 3. The maximum absolute atomic E-state index is 12.9. The normalized spacial score (nSPS) is 13.3. The molecule has 0 saturated heterocycles. The van der Waals surface area contributed by atoms with E-state index in [-0.39, 0.29) is 32.2 Å². The number of nitrogens with zero attached hydrogens (tertiary/aromatic N) is 1. The van der Waals surface area contributed by atoms with E-state index in [0.717, 1.165) is 96.3 Å². The largest absolute Gasteiger partial charge is 0.477 e. The molecule has 466 valence electrons. The van der Waals surface area contributed by atoms with Crippen LogP contribution in [-0.2, 0) is 33.3 Å². The number of esters is 2. The number of quaternary nitrogens is 1. The molecule has 0 fully saturated rings. The van der Waals surface area contributed by atoms with Crippen LogP contribution in [0.2, 0.25) is 0 Å². The van der Waals surface area contributed by atoms with Crippen LogP contribution in [0.1, 0.15) is 284 Å². The summed E-state index contributed by atoms with van der Waals surface area (Å²) in [6, 6.07) is 0. The van der Waals surface area contributed by atoms with Gasteiger partial charge in [-0.15, -0.1) is 0 Å². The molecule has 0 aromatic carbocycles. The maximum Gasteiger partial charge on any atom is 0.361 e. The number of likely N-dealkylation sites (N-methyl/N-ethyl adjacent to an activating group) is 1. The molecule has 0 radical (unpaired) electrons. The van der Waals surface area contributed by atoms with Crippen LogP contribution in [0.25, 0.3) is 0 Å². The summed E-state index contributed by atoms with van der Waals surface area (Å²) < 4.78 is 23.0. The Kier molecular flexibility index (Phi) is 59.3. The third-order valence-electron chi connectivity index (χ3n) is 14.3. The highest BCUT2D eigenvalue weighted by Gasteiger charge is 2.25. The molecule has 0 aliphatic heterocycles. The van der Waals surface area contributed by atoms with Gasteiger partial charge in [0.2, 0.25) is 0 Å². The Bertz CT molecular complexity index is 1650. The van der Waals surface area contributed by atoms with Crippen molar-refractivity contribution in [2.45, 2.75) is 296 Å². The van der Waals surface area contributed by atoms with E-state index in [1.807, 2.05) is 21.1 Å². The van der Waals surface area contributed by atoms with Gasteiger partial charge in [0.05, 0.1) is 34.4 Å². The van der Waals surface area contributed by atoms with E-state index in [1.165, 1.54) is 161 Å². The van der Waals surface area contributed by atoms with Gasteiger partial charge in [-0.25, -0.2) is 4.79 Å². The molecule has 0 spiro atoms. The average Bonchev–Trinajstić information content (AvgIpc) is 3.44. The number of rotatable bonds is 61. The number of hydrogen-bond acceptors (Lipinski definition) is 7. The number of allylic oxidation sites excluding steroid dienone is 16. The zero-order chi connectivity index (χ0) is 59.1. The lowest BCUT2D eigenvalue weighted by Gasteiger charge is -2.25. The Hall–Kier alpha value is -3.79. The van der Waals surface area contributed by atoms with Crippen molar-refractivity contribution in [3.63, 3.8) is 0 Å². The van der Waals surface area contributed by atoms with Crippen molar-refractivity contribution >= 4 is 17.9 Å². The monoisotopic (exact) mass is 1130 g/mol. The van der Waals surface area contributed by atoms with E-state index in [1.54, 1.807) is 0 Å². The summed E-state index contributed by atoms with van der Waals surface area (Å²) in [7, 11) is 5.97. The van der Waals surface area contributed by atoms with Crippen LogP contribution in [-0.4, -0.2) is 87.4 Å². The predicted molar refractivity (Wildman–Crippen MR) is 345 cm³/mol. The predicted octanol–water partition coefficient (Wildman–Crippen LogP) is 20.5. The SMILES string of the molecule is CC/C=C\C/C=C\C/C=C\C/C=C\C/C=C\CCCCCCCCCCCCCCCCCCCC(=O)OC(COC(=O)CCCCCCCCCC/C=C\C/C=C\C/C=C\CCCCCCC)COC(OCC[N+](C)(C)C)C(=O)O. The van der Waals surface area contributed by atoms with Crippen LogP contribution >= 0.6 is 0 Å². The van der Waals surface area contributed by atoms with Gasteiger partial charge in [0, 0.05) is 12.8 Å². The van der Waals surface area contributed by atoms with Gasteiger partial charge in [-0.05, 0) is 96.3 Å². The smallest absolute Gasteiger partial charge is 0.361 e. The number of aliphatic carboxylic acids is 1. The first-order chi connectivity index (χ1) is 39.6. The Morgan fingerprint density at radius 3 is 1.05 bits per heavy atom. The minimum absolute atomic E-state index is 0.184. The second-order valence-corrected chi connectivity index (χ2v) is 23.4. The molecule has 9 heteroatoms. The van der Waals surface area contributed by atoms with Gasteiger partial charge >= 0.3 is 17.9 Å². The molecule has 0 heterocycles. The minimum atomic E-state index is -1.52. The molecular weight excluding hydrogens is 1010 g/mol. The number of ether oxygens (including phenoxy) is 4. The molecular formula is C72H126NO8+. The third kappa shape index (κ3) is 63.6. The quantitative estimate of drug-likeness (QED) is 0.0211. The molecule has 0 aliphatic rings. The van der Waals surface area contributed by atoms with E-state index in [2.05, 4.69) is 111 Å².